The van der Waals surface area contributed by atoms with Gasteiger partial charge >= 0.3 is 0 Å². The van der Waals surface area contributed by atoms with Crippen LogP contribution in [0.1, 0.15) is 23.1 Å². The largest absolute Gasteiger partial charge is 0.486 e. The third-order valence-corrected chi connectivity index (χ3v) is 5.42. The van der Waals surface area contributed by atoms with Gasteiger partial charge in [0.05, 0.1) is 22.0 Å². The molecule has 162 valence electrons. The fraction of sp³-hybridized carbons (Fsp3) is 0.200. The van der Waals surface area contributed by atoms with Gasteiger partial charge in [0.1, 0.15) is 18.2 Å². The van der Waals surface area contributed by atoms with Gasteiger partial charge in [-0.15, -0.1) is 10.2 Å². The fourth-order valence-electron chi connectivity index (χ4n) is 2.69. The standard InChI is InChI=1S/C20H19ClFN5O3S/c1-2-27-17(10-30-12-7-8-15(22)14(21)9-12)25-26-20(27)31-11-18(28)24-16-6-4-3-5-13(16)19(23)29/h3-9H,2,10-11H2,1H3,(H2,23,29)(H,24,28). The van der Waals surface area contributed by atoms with Crippen LogP contribution in [0.25, 0.3) is 0 Å². The van der Waals surface area contributed by atoms with Crippen molar-refractivity contribution in [3.8, 4) is 5.75 Å². The summed E-state index contributed by atoms with van der Waals surface area (Å²) >= 11 is 6.95. The van der Waals surface area contributed by atoms with Crippen LogP contribution >= 0.6 is 23.4 Å². The molecule has 0 aliphatic carbocycles. The summed E-state index contributed by atoms with van der Waals surface area (Å²) in [5.41, 5.74) is 5.91. The van der Waals surface area contributed by atoms with Gasteiger partial charge in [-0.1, -0.05) is 35.5 Å². The summed E-state index contributed by atoms with van der Waals surface area (Å²) in [5.74, 6) is -0.464. The highest BCUT2D eigenvalue weighted by Crippen LogP contribution is 2.23. The van der Waals surface area contributed by atoms with Crippen LogP contribution in [-0.4, -0.2) is 32.3 Å². The Kier molecular flexibility index (Phi) is 7.48. The van der Waals surface area contributed by atoms with Crippen molar-refractivity contribution in [2.45, 2.75) is 25.2 Å². The van der Waals surface area contributed by atoms with Crippen molar-refractivity contribution in [2.24, 2.45) is 5.73 Å². The Bertz CT molecular complexity index is 1110. The van der Waals surface area contributed by atoms with E-state index < -0.39 is 11.7 Å². The molecule has 8 nitrogen and oxygen atoms in total. The van der Waals surface area contributed by atoms with Gasteiger partial charge in [-0.3, -0.25) is 9.59 Å². The minimum Gasteiger partial charge on any atom is -0.486 e. The summed E-state index contributed by atoms with van der Waals surface area (Å²) < 4.78 is 20.7. The smallest absolute Gasteiger partial charge is 0.250 e. The number of nitrogens with one attached hydrogen (secondary N) is 1. The van der Waals surface area contributed by atoms with Crippen LogP contribution in [-0.2, 0) is 17.9 Å². The summed E-state index contributed by atoms with van der Waals surface area (Å²) in [7, 11) is 0. The number of carbonyl (C=O) groups is 2. The third-order valence-electron chi connectivity index (χ3n) is 4.17. The number of nitrogens with zero attached hydrogens (tertiary/aromatic N) is 3. The van der Waals surface area contributed by atoms with E-state index in [1.807, 2.05) is 6.92 Å². The number of para-hydroxylation sites is 1. The first-order valence-electron chi connectivity index (χ1n) is 9.20. The molecule has 11 heteroatoms. The first-order valence-corrected chi connectivity index (χ1v) is 10.6. The zero-order chi connectivity index (χ0) is 22.4. The molecular formula is C20H19ClFN5O3S. The predicted molar refractivity (Wildman–Crippen MR) is 116 cm³/mol. The molecule has 0 aliphatic rings. The van der Waals surface area contributed by atoms with Crippen LogP contribution in [0, 0.1) is 5.82 Å². The minimum absolute atomic E-state index is 0.0328. The van der Waals surface area contributed by atoms with Crippen molar-refractivity contribution >= 4 is 40.9 Å². The first-order chi connectivity index (χ1) is 14.9. The summed E-state index contributed by atoms with van der Waals surface area (Å²) in [5, 5.41) is 11.4. The van der Waals surface area contributed by atoms with Crippen molar-refractivity contribution < 1.29 is 18.7 Å². The van der Waals surface area contributed by atoms with Crippen LogP contribution in [0.15, 0.2) is 47.6 Å². The molecule has 0 aliphatic heterocycles. The van der Waals surface area contributed by atoms with E-state index in [4.69, 9.17) is 22.1 Å². The number of hydrogen-bond donors (Lipinski definition) is 2. The van der Waals surface area contributed by atoms with E-state index in [0.717, 1.165) is 0 Å². The summed E-state index contributed by atoms with van der Waals surface area (Å²) in [6.45, 7) is 2.57. The van der Waals surface area contributed by atoms with Gasteiger partial charge < -0.3 is 20.4 Å². The summed E-state index contributed by atoms with van der Waals surface area (Å²) in [6, 6.07) is 10.6. The second-order valence-corrected chi connectivity index (χ2v) is 7.60. The van der Waals surface area contributed by atoms with E-state index in [0.29, 0.717) is 29.0 Å². The molecule has 0 saturated heterocycles. The van der Waals surface area contributed by atoms with Gasteiger partial charge in [0.25, 0.3) is 5.91 Å². The van der Waals surface area contributed by atoms with Crippen LogP contribution < -0.4 is 15.8 Å². The maximum absolute atomic E-state index is 13.3. The van der Waals surface area contributed by atoms with Crippen LogP contribution in [0.2, 0.25) is 5.02 Å². The Morgan fingerprint density at radius 3 is 2.74 bits per heavy atom. The molecule has 3 aromatic rings. The molecule has 1 heterocycles. The van der Waals surface area contributed by atoms with E-state index in [2.05, 4.69) is 15.5 Å². The highest BCUT2D eigenvalue weighted by atomic mass is 35.5. The topological polar surface area (TPSA) is 112 Å². The second kappa shape index (κ2) is 10.3. The molecule has 0 spiro atoms. The number of primary amides is 1. The van der Waals surface area contributed by atoms with Gasteiger partial charge in [0.15, 0.2) is 11.0 Å². The zero-order valence-electron chi connectivity index (χ0n) is 16.5. The molecule has 3 N–H and O–H groups in total. The number of ether oxygens (including phenoxy) is 1. The molecule has 1 aromatic heterocycles. The molecule has 3 rings (SSSR count). The number of nitrogens with two attached hydrogens (primary N) is 1. The highest BCUT2D eigenvalue weighted by Gasteiger charge is 2.15. The molecule has 31 heavy (non-hydrogen) atoms. The van der Waals surface area contributed by atoms with Gasteiger partial charge in [0.2, 0.25) is 5.91 Å². The molecular weight excluding hydrogens is 445 g/mol. The number of carbonyl (C=O) groups excluding carboxylic acids is 2. The molecule has 2 amide bonds. The van der Waals surface area contributed by atoms with Crippen LogP contribution in [0.3, 0.4) is 0 Å². The van der Waals surface area contributed by atoms with Crippen molar-refractivity contribution in [3.63, 3.8) is 0 Å². The average Bonchev–Trinajstić information content (AvgIpc) is 3.15. The summed E-state index contributed by atoms with van der Waals surface area (Å²) in [6.07, 6.45) is 0. The van der Waals surface area contributed by atoms with Crippen LogP contribution in [0.5, 0.6) is 5.75 Å². The Labute approximate surface area is 186 Å². The molecule has 0 saturated carbocycles. The number of amides is 2. The Morgan fingerprint density at radius 2 is 2.03 bits per heavy atom. The first kappa shape index (κ1) is 22.6. The molecule has 0 unspecified atom stereocenters. The lowest BCUT2D eigenvalue weighted by Gasteiger charge is -2.10. The lowest BCUT2D eigenvalue weighted by molar-refractivity contribution is -0.113. The molecule has 0 atom stereocenters. The summed E-state index contributed by atoms with van der Waals surface area (Å²) in [4.78, 5) is 23.8. The number of anilines is 1. The Hall–Kier alpha value is -3.11. The molecule has 0 bridgehead atoms. The van der Waals surface area contributed by atoms with Gasteiger partial charge in [-0.25, -0.2) is 4.39 Å². The van der Waals surface area contributed by atoms with E-state index in [9.17, 15) is 14.0 Å². The Balaban J connectivity index is 1.61. The third kappa shape index (κ3) is 5.74. The van der Waals surface area contributed by atoms with E-state index in [-0.39, 0.29) is 28.9 Å². The fourth-order valence-corrected chi connectivity index (χ4v) is 3.68. The number of halogens is 2. The molecule has 0 fully saturated rings. The zero-order valence-corrected chi connectivity index (χ0v) is 18.0. The average molecular weight is 464 g/mol. The molecule has 2 aromatic carbocycles. The maximum Gasteiger partial charge on any atom is 0.250 e. The lowest BCUT2D eigenvalue weighted by atomic mass is 10.1. The minimum atomic E-state index is -0.624. The van der Waals surface area contributed by atoms with Gasteiger partial charge in [0, 0.05) is 12.6 Å². The predicted octanol–water partition coefficient (Wildman–Crippen LogP) is 3.50. The number of hydrogen-bond acceptors (Lipinski definition) is 6. The number of rotatable bonds is 9. The van der Waals surface area contributed by atoms with Crippen molar-refractivity contribution in [1.82, 2.24) is 14.8 Å². The van der Waals surface area contributed by atoms with Crippen molar-refractivity contribution in [3.05, 3.63) is 64.7 Å². The van der Waals surface area contributed by atoms with Crippen molar-refractivity contribution in [2.75, 3.05) is 11.1 Å². The van der Waals surface area contributed by atoms with E-state index in [1.165, 1.54) is 30.0 Å². The van der Waals surface area contributed by atoms with E-state index in [1.54, 1.807) is 28.8 Å². The monoisotopic (exact) mass is 463 g/mol. The highest BCUT2D eigenvalue weighted by molar-refractivity contribution is 7.99. The van der Waals surface area contributed by atoms with Gasteiger partial charge in [-0.2, -0.15) is 0 Å². The maximum atomic E-state index is 13.3. The Morgan fingerprint density at radius 1 is 1.26 bits per heavy atom. The number of thioether (sulfide) groups is 1. The lowest BCUT2D eigenvalue weighted by Crippen LogP contribution is -2.19. The van der Waals surface area contributed by atoms with Crippen molar-refractivity contribution in [1.29, 1.82) is 0 Å². The second-order valence-electron chi connectivity index (χ2n) is 6.25. The normalized spacial score (nSPS) is 10.7. The van der Waals surface area contributed by atoms with Crippen LogP contribution in [0.4, 0.5) is 10.1 Å². The van der Waals surface area contributed by atoms with Gasteiger partial charge in [-0.05, 0) is 31.2 Å². The van der Waals surface area contributed by atoms with E-state index >= 15 is 0 Å². The quantitative estimate of drug-likeness (QED) is 0.470. The SMILES string of the molecule is CCn1c(COc2ccc(F)c(Cl)c2)nnc1SCC(=O)Nc1ccccc1C(N)=O. The number of benzene rings is 2. The molecule has 0 radical (unpaired) electrons. The number of aromatic nitrogens is 3.